The third kappa shape index (κ3) is 1.91. The molecule has 1 aliphatic rings. The lowest BCUT2D eigenvalue weighted by molar-refractivity contribution is -0.128. The van der Waals surface area contributed by atoms with Gasteiger partial charge in [0.05, 0.1) is 24.6 Å². The van der Waals surface area contributed by atoms with Crippen LogP contribution in [0.1, 0.15) is 31.4 Å². The highest BCUT2D eigenvalue weighted by atomic mass is 16.2. The molecule has 0 aliphatic heterocycles. The lowest BCUT2D eigenvalue weighted by Gasteiger charge is -2.18. The molecule has 0 spiro atoms. The van der Waals surface area contributed by atoms with Gasteiger partial charge in [-0.3, -0.25) is 4.79 Å². The van der Waals surface area contributed by atoms with Crippen molar-refractivity contribution in [1.29, 1.82) is 5.26 Å². The van der Waals surface area contributed by atoms with Crippen molar-refractivity contribution in [2.45, 2.75) is 32.2 Å². The minimum atomic E-state index is -0.792. The van der Waals surface area contributed by atoms with Gasteiger partial charge >= 0.3 is 0 Å². The van der Waals surface area contributed by atoms with E-state index in [0.717, 1.165) is 18.5 Å². The number of nitrogens with one attached hydrogen (secondary N) is 2. The summed E-state index contributed by atoms with van der Waals surface area (Å²) in [6.45, 7) is 0.405. The maximum Gasteiger partial charge on any atom is 0.240 e. The summed E-state index contributed by atoms with van der Waals surface area (Å²) >= 11 is 0. The van der Waals surface area contributed by atoms with E-state index in [1.807, 2.05) is 0 Å². The smallest absolute Gasteiger partial charge is 0.240 e. The quantitative estimate of drug-likeness (QED) is 0.797. The van der Waals surface area contributed by atoms with Crippen LogP contribution in [0.25, 0.3) is 0 Å². The highest BCUT2D eigenvalue weighted by molar-refractivity contribution is 5.85. The fourth-order valence-electron chi connectivity index (χ4n) is 2.09. The molecule has 0 bridgehead atoms. The number of hydrogen-bond acceptors (Lipinski definition) is 3. The van der Waals surface area contributed by atoms with Gasteiger partial charge in [0.25, 0.3) is 0 Å². The van der Waals surface area contributed by atoms with E-state index >= 15 is 0 Å². The van der Waals surface area contributed by atoms with Crippen molar-refractivity contribution in [2.24, 2.45) is 5.41 Å². The molecule has 0 unspecified atom stereocenters. The Kier molecular flexibility index (Phi) is 2.91. The molecule has 1 amide bonds. The average molecular weight is 218 g/mol. The molecule has 0 aromatic carbocycles. The molecule has 1 fully saturated rings. The highest BCUT2D eigenvalue weighted by Crippen LogP contribution is 2.37. The van der Waals surface area contributed by atoms with Crippen molar-refractivity contribution in [3.63, 3.8) is 0 Å². The Hall–Kier alpha value is -1.83. The van der Waals surface area contributed by atoms with Gasteiger partial charge in [0.15, 0.2) is 0 Å². The van der Waals surface area contributed by atoms with E-state index in [1.165, 1.54) is 0 Å². The van der Waals surface area contributed by atoms with Crippen LogP contribution in [0.15, 0.2) is 12.5 Å². The molecule has 1 saturated carbocycles. The van der Waals surface area contributed by atoms with Crippen LogP contribution in [0.2, 0.25) is 0 Å². The molecule has 2 N–H and O–H groups in total. The maximum atomic E-state index is 11.9. The number of rotatable bonds is 3. The van der Waals surface area contributed by atoms with Crippen LogP contribution in [0.4, 0.5) is 0 Å². The molecule has 16 heavy (non-hydrogen) atoms. The van der Waals surface area contributed by atoms with E-state index in [-0.39, 0.29) is 5.91 Å². The molecule has 1 aromatic rings. The number of carbonyl (C=O) groups excluding carboxylic acids is 1. The number of aromatic nitrogens is 2. The van der Waals surface area contributed by atoms with Crippen LogP contribution in [-0.4, -0.2) is 15.9 Å². The number of amides is 1. The molecule has 0 radical (unpaired) electrons. The summed E-state index contributed by atoms with van der Waals surface area (Å²) in [6, 6.07) is 2.17. The predicted molar refractivity (Wildman–Crippen MR) is 56.9 cm³/mol. The number of carbonyl (C=O) groups is 1. The van der Waals surface area contributed by atoms with E-state index in [0.29, 0.717) is 19.4 Å². The normalized spacial score (nSPS) is 17.9. The molecular weight excluding hydrogens is 204 g/mol. The zero-order valence-electron chi connectivity index (χ0n) is 8.99. The van der Waals surface area contributed by atoms with E-state index in [2.05, 4.69) is 21.4 Å². The van der Waals surface area contributed by atoms with Crippen LogP contribution in [0.3, 0.4) is 0 Å². The molecule has 5 nitrogen and oxygen atoms in total. The van der Waals surface area contributed by atoms with Crippen molar-refractivity contribution in [1.82, 2.24) is 15.3 Å². The van der Waals surface area contributed by atoms with Crippen LogP contribution in [0.5, 0.6) is 0 Å². The Morgan fingerprint density at radius 2 is 2.38 bits per heavy atom. The zero-order valence-corrected chi connectivity index (χ0v) is 8.99. The zero-order chi connectivity index (χ0) is 11.4. The SMILES string of the molecule is N#CC1(C(=O)NCc2cnc[nH]2)CCCC1. The van der Waals surface area contributed by atoms with Gasteiger partial charge in [-0.05, 0) is 12.8 Å². The number of H-pyrrole nitrogens is 1. The minimum absolute atomic E-state index is 0.151. The molecule has 0 atom stereocenters. The van der Waals surface area contributed by atoms with Crippen LogP contribution in [0, 0.1) is 16.7 Å². The molecule has 5 heteroatoms. The topological polar surface area (TPSA) is 81.6 Å². The van der Waals surface area contributed by atoms with Crippen molar-refractivity contribution in [3.8, 4) is 6.07 Å². The Labute approximate surface area is 93.9 Å². The lowest BCUT2D eigenvalue weighted by atomic mass is 9.87. The van der Waals surface area contributed by atoms with Crippen molar-refractivity contribution >= 4 is 5.91 Å². The van der Waals surface area contributed by atoms with Gasteiger partial charge in [-0.25, -0.2) is 4.98 Å². The van der Waals surface area contributed by atoms with Gasteiger partial charge in [-0.2, -0.15) is 5.26 Å². The van der Waals surface area contributed by atoms with E-state index in [1.54, 1.807) is 12.5 Å². The Morgan fingerprint density at radius 3 is 2.94 bits per heavy atom. The number of hydrogen-bond donors (Lipinski definition) is 2. The fraction of sp³-hybridized carbons (Fsp3) is 0.545. The summed E-state index contributed by atoms with van der Waals surface area (Å²) in [5.41, 5.74) is 0.0551. The van der Waals surface area contributed by atoms with Crippen LogP contribution < -0.4 is 5.32 Å². The Balaban J connectivity index is 1.95. The summed E-state index contributed by atoms with van der Waals surface area (Å²) in [4.78, 5) is 18.7. The first-order valence-corrected chi connectivity index (χ1v) is 5.44. The first-order valence-electron chi connectivity index (χ1n) is 5.44. The van der Waals surface area contributed by atoms with Crippen LogP contribution >= 0.6 is 0 Å². The van der Waals surface area contributed by atoms with Crippen LogP contribution in [-0.2, 0) is 11.3 Å². The number of nitrogens with zero attached hydrogens (tertiary/aromatic N) is 2. The standard InChI is InChI=1S/C11H14N4O/c12-7-11(3-1-2-4-11)10(16)14-6-9-5-13-8-15-9/h5,8H,1-4,6H2,(H,13,15)(H,14,16). The molecule has 1 heterocycles. The molecule has 2 rings (SSSR count). The fourth-order valence-corrected chi connectivity index (χ4v) is 2.09. The summed E-state index contributed by atoms with van der Waals surface area (Å²) in [6.07, 6.45) is 6.51. The second-order valence-corrected chi connectivity index (χ2v) is 4.16. The first kappa shape index (κ1) is 10.7. The van der Waals surface area contributed by atoms with E-state index in [4.69, 9.17) is 5.26 Å². The third-order valence-electron chi connectivity index (χ3n) is 3.10. The predicted octanol–water partition coefficient (Wildman–Crippen LogP) is 1.11. The van der Waals surface area contributed by atoms with Crippen molar-refractivity contribution < 1.29 is 4.79 Å². The van der Waals surface area contributed by atoms with Gasteiger partial charge < -0.3 is 10.3 Å². The molecule has 1 aromatic heterocycles. The summed E-state index contributed by atoms with van der Waals surface area (Å²) < 4.78 is 0. The highest BCUT2D eigenvalue weighted by Gasteiger charge is 2.41. The average Bonchev–Trinajstić information content (AvgIpc) is 2.97. The first-order chi connectivity index (χ1) is 7.77. The van der Waals surface area contributed by atoms with Crippen molar-refractivity contribution in [2.75, 3.05) is 0 Å². The third-order valence-corrected chi connectivity index (χ3v) is 3.10. The summed E-state index contributed by atoms with van der Waals surface area (Å²) in [5, 5.41) is 11.9. The summed E-state index contributed by atoms with van der Waals surface area (Å²) in [5.74, 6) is -0.151. The van der Waals surface area contributed by atoms with Crippen molar-refractivity contribution in [3.05, 3.63) is 18.2 Å². The van der Waals surface area contributed by atoms with E-state index < -0.39 is 5.41 Å². The number of imidazole rings is 1. The molecular formula is C11H14N4O. The van der Waals surface area contributed by atoms with Gasteiger partial charge in [-0.15, -0.1) is 0 Å². The van der Waals surface area contributed by atoms with Gasteiger partial charge in [0.1, 0.15) is 5.41 Å². The second-order valence-electron chi connectivity index (χ2n) is 4.16. The monoisotopic (exact) mass is 218 g/mol. The molecule has 1 aliphatic carbocycles. The maximum absolute atomic E-state index is 11.9. The van der Waals surface area contributed by atoms with Gasteiger partial charge in [0.2, 0.25) is 5.91 Å². The Morgan fingerprint density at radius 1 is 1.62 bits per heavy atom. The van der Waals surface area contributed by atoms with E-state index in [9.17, 15) is 4.79 Å². The number of aromatic amines is 1. The second kappa shape index (κ2) is 4.35. The molecule has 84 valence electrons. The molecule has 0 saturated heterocycles. The number of nitriles is 1. The van der Waals surface area contributed by atoms with Gasteiger partial charge in [0, 0.05) is 6.20 Å². The Bertz CT molecular complexity index is 398. The largest absolute Gasteiger partial charge is 0.349 e. The summed E-state index contributed by atoms with van der Waals surface area (Å²) in [7, 11) is 0. The minimum Gasteiger partial charge on any atom is -0.349 e. The lowest BCUT2D eigenvalue weighted by Crippen LogP contribution is -2.37. The van der Waals surface area contributed by atoms with Gasteiger partial charge in [-0.1, -0.05) is 12.8 Å².